The van der Waals surface area contributed by atoms with Crippen LogP contribution in [0.2, 0.25) is 0 Å². The van der Waals surface area contributed by atoms with E-state index in [4.69, 9.17) is 0 Å². The second-order valence-electron chi connectivity index (χ2n) is 10.3. The molecule has 0 aliphatic carbocycles. The first-order valence-corrected chi connectivity index (χ1v) is 24.6. The molecule has 0 atom stereocenters. The summed E-state index contributed by atoms with van der Waals surface area (Å²) in [7, 11) is -13.4. The Balaban J connectivity index is 2.54. The van der Waals surface area contributed by atoms with E-state index >= 15 is 0 Å². The molecule has 15 nitrogen and oxygen atoms in total. The molecular formula is C30H42BiN3O12S3. The van der Waals surface area contributed by atoms with Gasteiger partial charge < -0.3 is 0 Å². The van der Waals surface area contributed by atoms with E-state index in [-0.39, 0.29) is 63.8 Å². The summed E-state index contributed by atoms with van der Waals surface area (Å²) < 4.78 is 88.3. The molecular weight excluding hydrogens is 900 g/mol. The van der Waals surface area contributed by atoms with Gasteiger partial charge in [0, 0.05) is 0 Å². The average Bonchev–Trinajstić information content (AvgIpc) is 3.08. The first-order chi connectivity index (χ1) is 23.4. The molecule has 0 aliphatic rings. The van der Waals surface area contributed by atoms with Crippen LogP contribution in [-0.2, 0) is 30.1 Å². The molecule has 6 N–H and O–H groups in total. The van der Waals surface area contributed by atoms with Crippen LogP contribution in [0.1, 0.15) is 0 Å². The van der Waals surface area contributed by atoms with Crippen molar-refractivity contribution >= 4 is 61.6 Å². The maximum atomic E-state index is 14.2. The first-order valence-electron chi connectivity index (χ1n) is 15.1. The van der Waals surface area contributed by atoms with Crippen molar-refractivity contribution in [3.63, 3.8) is 0 Å². The molecule has 0 bridgehead atoms. The molecule has 0 heterocycles. The molecule has 0 spiro atoms. The van der Waals surface area contributed by atoms with Gasteiger partial charge in [-0.05, 0) is 0 Å². The zero-order valence-corrected chi connectivity index (χ0v) is 32.5. The van der Waals surface area contributed by atoms with Crippen LogP contribution < -0.4 is 9.81 Å². The van der Waals surface area contributed by atoms with Gasteiger partial charge in [-0.3, -0.25) is 0 Å². The molecule has 19 heteroatoms. The fourth-order valence-electron chi connectivity index (χ4n) is 5.11. The van der Waals surface area contributed by atoms with Crippen LogP contribution in [0, 0.1) is 0 Å². The Labute approximate surface area is 295 Å². The van der Waals surface area contributed by atoms with Crippen molar-refractivity contribution in [3.05, 3.63) is 72.8 Å². The van der Waals surface area contributed by atoms with Gasteiger partial charge in [0.05, 0.1) is 0 Å². The third-order valence-corrected chi connectivity index (χ3v) is 25.2. The predicted molar refractivity (Wildman–Crippen MR) is 183 cm³/mol. The van der Waals surface area contributed by atoms with Gasteiger partial charge in [0.15, 0.2) is 0 Å². The van der Waals surface area contributed by atoms with Crippen LogP contribution in [0.4, 0.5) is 0 Å². The minimum atomic E-state index is -4.56. The van der Waals surface area contributed by atoms with E-state index in [1.165, 1.54) is 54.6 Å². The molecule has 3 aromatic rings. The summed E-state index contributed by atoms with van der Waals surface area (Å²) in [6.07, 6.45) is 0. The molecule has 0 fully saturated rings. The van der Waals surface area contributed by atoms with Gasteiger partial charge in [-0.2, -0.15) is 0 Å². The molecule has 49 heavy (non-hydrogen) atoms. The second-order valence-corrected chi connectivity index (χ2v) is 24.2. The Hall–Kier alpha value is -1.97. The third-order valence-electron chi connectivity index (χ3n) is 7.27. The zero-order valence-electron chi connectivity index (χ0n) is 26.6. The second kappa shape index (κ2) is 19.0. The minimum absolute atomic E-state index is 0.162. The Kier molecular flexibility index (Phi) is 16.1. The van der Waals surface area contributed by atoms with Crippen LogP contribution in [0.3, 0.4) is 0 Å². The van der Waals surface area contributed by atoms with Gasteiger partial charge in [-0.1, -0.05) is 0 Å². The third kappa shape index (κ3) is 9.48. The SMILES string of the molecule is O=S(=O)(c1cccc[c]1[Bi]([c]1ccccc1S(=O)(=O)N(CCO)CCO)[c]1ccccc1S(=O)(=O)N(CCO)CCO)N(CCO)CCO. The molecule has 0 amide bonds. The maximum absolute atomic E-state index is 14.2. The van der Waals surface area contributed by atoms with Gasteiger partial charge >= 0.3 is 297 Å². The fourth-order valence-corrected chi connectivity index (χ4v) is 25.3. The Morgan fingerprint density at radius 3 is 0.796 bits per heavy atom. The van der Waals surface area contributed by atoms with E-state index in [0.717, 1.165) is 12.9 Å². The summed E-state index contributed by atoms with van der Waals surface area (Å²) in [6, 6.07) is 17.4. The van der Waals surface area contributed by atoms with Gasteiger partial charge in [0.2, 0.25) is 0 Å². The molecule has 0 aromatic heterocycles. The number of hydrogen-bond acceptors (Lipinski definition) is 12. The zero-order chi connectivity index (χ0) is 36.2. The Morgan fingerprint density at radius 2 is 0.592 bits per heavy atom. The molecule has 272 valence electrons. The molecule has 0 saturated carbocycles. The molecule has 3 aromatic carbocycles. The van der Waals surface area contributed by atoms with Crippen LogP contribution in [0.15, 0.2) is 87.5 Å². The molecule has 0 radical (unpaired) electrons. The van der Waals surface area contributed by atoms with E-state index in [2.05, 4.69) is 0 Å². The predicted octanol–water partition coefficient (Wildman–Crippen LogP) is -3.87. The van der Waals surface area contributed by atoms with Crippen molar-refractivity contribution in [2.75, 3.05) is 78.9 Å². The average molecular weight is 942 g/mol. The van der Waals surface area contributed by atoms with Crippen molar-refractivity contribution < 1.29 is 55.9 Å². The van der Waals surface area contributed by atoms with Gasteiger partial charge in [-0.25, -0.2) is 0 Å². The summed E-state index contributed by atoms with van der Waals surface area (Å²) in [4.78, 5) is -0.794. The van der Waals surface area contributed by atoms with E-state index in [0.29, 0.717) is 0 Å². The van der Waals surface area contributed by atoms with Crippen molar-refractivity contribution in [2.45, 2.75) is 14.7 Å². The summed E-state index contributed by atoms with van der Waals surface area (Å²) in [5.74, 6) is 0. The van der Waals surface area contributed by atoms with Gasteiger partial charge in [0.1, 0.15) is 0 Å². The summed E-state index contributed by atoms with van der Waals surface area (Å²) >= 11 is -4.56. The number of aliphatic hydroxyl groups excluding tert-OH is 6. The van der Waals surface area contributed by atoms with Crippen molar-refractivity contribution in [1.82, 2.24) is 12.9 Å². The van der Waals surface area contributed by atoms with Crippen molar-refractivity contribution in [1.29, 1.82) is 0 Å². The quantitative estimate of drug-likeness (QED) is 0.0564. The molecule has 0 saturated heterocycles. The monoisotopic (exact) mass is 941 g/mol. The number of sulfonamides is 3. The van der Waals surface area contributed by atoms with E-state index in [1.54, 1.807) is 18.2 Å². The summed E-state index contributed by atoms with van der Waals surface area (Å²) in [5, 5.41) is 57.9. The number of rotatable bonds is 21. The Bertz CT molecular complexity index is 1620. The number of aliphatic hydroxyl groups is 6. The van der Waals surface area contributed by atoms with E-state index in [1.807, 2.05) is 0 Å². The van der Waals surface area contributed by atoms with Crippen LogP contribution in [0.5, 0.6) is 0 Å². The first kappa shape index (κ1) is 41.5. The summed E-state index contributed by atoms with van der Waals surface area (Å²) in [6.45, 7) is -5.54. The van der Waals surface area contributed by atoms with E-state index < -0.39 is 91.5 Å². The summed E-state index contributed by atoms with van der Waals surface area (Å²) in [5.41, 5.74) is 0. The normalized spacial score (nSPS) is 12.9. The van der Waals surface area contributed by atoms with Crippen molar-refractivity contribution in [3.8, 4) is 0 Å². The van der Waals surface area contributed by atoms with Gasteiger partial charge in [-0.15, -0.1) is 0 Å². The van der Waals surface area contributed by atoms with Crippen molar-refractivity contribution in [2.24, 2.45) is 0 Å². The molecule has 0 aliphatic heterocycles. The van der Waals surface area contributed by atoms with E-state index in [9.17, 15) is 55.9 Å². The fraction of sp³-hybridized carbons (Fsp3) is 0.400. The van der Waals surface area contributed by atoms with Crippen LogP contribution in [0.25, 0.3) is 0 Å². The molecule has 0 unspecified atom stereocenters. The molecule has 3 rings (SSSR count). The van der Waals surface area contributed by atoms with Gasteiger partial charge in [0.25, 0.3) is 0 Å². The number of nitrogens with zero attached hydrogens (tertiary/aromatic N) is 3. The van der Waals surface area contributed by atoms with Crippen LogP contribution in [-0.4, -0.2) is 169 Å². The van der Waals surface area contributed by atoms with Crippen LogP contribution >= 0.6 is 0 Å². The number of benzene rings is 3. The topological polar surface area (TPSA) is 234 Å². The number of hydrogen-bond donors (Lipinski definition) is 6. The standard InChI is InChI=1S/3C10H14NO4S.Bi/c3*12-8-6-11(7-9-13)16(14,15)10-4-2-1-3-5-10;/h3*1-4,12-13H,6-9H2;. The Morgan fingerprint density at radius 1 is 0.388 bits per heavy atom.